The van der Waals surface area contributed by atoms with Gasteiger partial charge in [0.25, 0.3) is 5.91 Å². The van der Waals surface area contributed by atoms with Crippen molar-refractivity contribution in [3.63, 3.8) is 0 Å². The number of rotatable bonds is 2. The molecule has 2 heterocycles. The summed E-state index contributed by atoms with van der Waals surface area (Å²) in [6, 6.07) is 0.723. The Balaban J connectivity index is 2.06. The molecular weight excluding hydrogens is 299 g/mol. The van der Waals surface area contributed by atoms with Crippen molar-refractivity contribution in [2.24, 2.45) is 0 Å². The van der Waals surface area contributed by atoms with Gasteiger partial charge in [0.1, 0.15) is 10.4 Å². The van der Waals surface area contributed by atoms with Gasteiger partial charge in [-0.05, 0) is 12.5 Å². The highest BCUT2D eigenvalue weighted by atomic mass is 35.5. The SMILES string of the molecule is O=C1CCC(NC(=O)c2cc(Cl)sc2Cl)C(=O)N1. The molecule has 0 bridgehead atoms. The number of hydrogen-bond acceptors (Lipinski definition) is 4. The zero-order valence-electron chi connectivity index (χ0n) is 8.96. The van der Waals surface area contributed by atoms with Gasteiger partial charge < -0.3 is 5.32 Å². The van der Waals surface area contributed by atoms with Crippen LogP contribution in [0.5, 0.6) is 0 Å². The fourth-order valence-corrected chi connectivity index (χ4v) is 3.02. The second-order valence-electron chi connectivity index (χ2n) is 3.72. The summed E-state index contributed by atoms with van der Waals surface area (Å²) in [7, 11) is 0. The number of carbonyl (C=O) groups excluding carboxylic acids is 3. The maximum absolute atomic E-state index is 11.9. The van der Waals surface area contributed by atoms with Crippen molar-refractivity contribution in [1.29, 1.82) is 0 Å². The van der Waals surface area contributed by atoms with E-state index in [1.165, 1.54) is 6.07 Å². The largest absolute Gasteiger partial charge is 0.340 e. The summed E-state index contributed by atoms with van der Waals surface area (Å²) in [5.74, 6) is -1.31. The predicted molar refractivity (Wildman–Crippen MR) is 68.0 cm³/mol. The topological polar surface area (TPSA) is 75.3 Å². The minimum Gasteiger partial charge on any atom is -0.340 e. The highest BCUT2D eigenvalue weighted by molar-refractivity contribution is 7.20. The summed E-state index contributed by atoms with van der Waals surface area (Å²) in [5, 5.41) is 4.68. The second-order valence-corrected chi connectivity index (χ2v) is 6.00. The first-order valence-corrected chi connectivity index (χ1v) is 6.64. The summed E-state index contributed by atoms with van der Waals surface area (Å²) in [6.07, 6.45) is 0.487. The lowest BCUT2D eigenvalue weighted by Crippen LogP contribution is -2.52. The molecule has 0 aromatic carbocycles. The molecule has 1 fully saturated rings. The predicted octanol–water partition coefficient (Wildman–Crippen LogP) is 1.59. The Labute approximate surface area is 116 Å². The number of nitrogens with one attached hydrogen (secondary N) is 2. The van der Waals surface area contributed by atoms with Gasteiger partial charge in [-0.2, -0.15) is 0 Å². The molecule has 0 spiro atoms. The summed E-state index contributed by atoms with van der Waals surface area (Å²) >= 11 is 12.6. The average Bonchev–Trinajstić information content (AvgIpc) is 2.62. The summed E-state index contributed by atoms with van der Waals surface area (Å²) in [5.41, 5.74) is 0.233. The van der Waals surface area contributed by atoms with Gasteiger partial charge in [0.2, 0.25) is 11.8 Å². The van der Waals surface area contributed by atoms with Gasteiger partial charge in [0, 0.05) is 6.42 Å². The normalized spacial score (nSPS) is 19.6. The van der Waals surface area contributed by atoms with E-state index in [1.807, 2.05) is 0 Å². The molecule has 1 unspecified atom stereocenters. The lowest BCUT2D eigenvalue weighted by Gasteiger charge is -2.21. The zero-order valence-corrected chi connectivity index (χ0v) is 11.3. The van der Waals surface area contributed by atoms with Crippen molar-refractivity contribution in [3.8, 4) is 0 Å². The molecular formula is C10H8Cl2N2O3S. The average molecular weight is 307 g/mol. The Morgan fingerprint density at radius 1 is 1.44 bits per heavy atom. The van der Waals surface area contributed by atoms with Crippen molar-refractivity contribution >= 4 is 52.3 Å². The smallest absolute Gasteiger partial charge is 0.254 e. The first kappa shape index (κ1) is 13.3. The number of imide groups is 1. The molecule has 0 aliphatic carbocycles. The number of carbonyl (C=O) groups is 3. The number of hydrogen-bond donors (Lipinski definition) is 2. The van der Waals surface area contributed by atoms with E-state index in [9.17, 15) is 14.4 Å². The van der Waals surface area contributed by atoms with Crippen LogP contribution in [0.2, 0.25) is 8.67 Å². The Kier molecular flexibility index (Phi) is 3.89. The van der Waals surface area contributed by atoms with Gasteiger partial charge in [0.05, 0.1) is 9.90 Å². The first-order chi connectivity index (χ1) is 8.47. The van der Waals surface area contributed by atoms with Crippen molar-refractivity contribution < 1.29 is 14.4 Å². The van der Waals surface area contributed by atoms with E-state index in [0.717, 1.165) is 11.3 Å². The fraction of sp³-hybridized carbons (Fsp3) is 0.300. The molecule has 8 heteroatoms. The Bertz CT molecular complexity index is 529. The number of piperidine rings is 1. The minimum atomic E-state index is -0.718. The van der Waals surface area contributed by atoms with E-state index in [0.29, 0.717) is 4.34 Å². The van der Waals surface area contributed by atoms with Crippen LogP contribution in [0.3, 0.4) is 0 Å². The zero-order chi connectivity index (χ0) is 13.3. The first-order valence-electron chi connectivity index (χ1n) is 5.07. The fourth-order valence-electron chi connectivity index (χ4n) is 1.56. The number of halogens is 2. The van der Waals surface area contributed by atoms with Crippen LogP contribution in [0, 0.1) is 0 Å². The maximum atomic E-state index is 11.9. The second kappa shape index (κ2) is 5.26. The van der Waals surface area contributed by atoms with Gasteiger partial charge in [-0.25, -0.2) is 0 Å². The summed E-state index contributed by atoms with van der Waals surface area (Å²) in [6.45, 7) is 0. The van der Waals surface area contributed by atoms with E-state index in [-0.39, 0.29) is 28.6 Å². The van der Waals surface area contributed by atoms with Crippen LogP contribution in [0.4, 0.5) is 0 Å². The van der Waals surface area contributed by atoms with E-state index in [1.54, 1.807) is 0 Å². The third-order valence-electron chi connectivity index (χ3n) is 2.45. The van der Waals surface area contributed by atoms with Crippen molar-refractivity contribution in [1.82, 2.24) is 10.6 Å². The van der Waals surface area contributed by atoms with Crippen LogP contribution < -0.4 is 10.6 Å². The van der Waals surface area contributed by atoms with Gasteiger partial charge in [0.15, 0.2) is 0 Å². The molecule has 3 amide bonds. The Morgan fingerprint density at radius 2 is 2.17 bits per heavy atom. The standard InChI is InChI=1S/C10H8Cl2N2O3S/c11-6-3-4(8(12)18-6)9(16)13-5-1-2-7(15)14-10(5)17/h3,5H,1-2H2,(H,13,16)(H,14,15,17). The molecule has 1 aliphatic rings. The lowest BCUT2D eigenvalue weighted by atomic mass is 10.1. The molecule has 5 nitrogen and oxygen atoms in total. The highest BCUT2D eigenvalue weighted by Gasteiger charge is 2.28. The van der Waals surface area contributed by atoms with Crippen molar-refractivity contribution in [3.05, 3.63) is 20.3 Å². The number of amides is 3. The molecule has 1 saturated heterocycles. The molecule has 1 aromatic heterocycles. The molecule has 2 rings (SSSR count). The van der Waals surface area contributed by atoms with Crippen molar-refractivity contribution in [2.75, 3.05) is 0 Å². The van der Waals surface area contributed by atoms with Crippen LogP contribution in [-0.4, -0.2) is 23.8 Å². The van der Waals surface area contributed by atoms with Crippen LogP contribution in [0.15, 0.2) is 6.07 Å². The summed E-state index contributed by atoms with van der Waals surface area (Å²) < 4.78 is 0.665. The lowest BCUT2D eigenvalue weighted by molar-refractivity contribution is -0.134. The molecule has 0 radical (unpaired) electrons. The monoisotopic (exact) mass is 306 g/mol. The van der Waals surface area contributed by atoms with E-state index >= 15 is 0 Å². The van der Waals surface area contributed by atoms with Crippen LogP contribution in [0.1, 0.15) is 23.2 Å². The quantitative estimate of drug-likeness (QED) is 0.815. The Morgan fingerprint density at radius 3 is 2.72 bits per heavy atom. The van der Waals surface area contributed by atoms with Gasteiger partial charge in [-0.3, -0.25) is 19.7 Å². The van der Waals surface area contributed by atoms with Crippen LogP contribution >= 0.6 is 34.5 Å². The van der Waals surface area contributed by atoms with E-state index in [2.05, 4.69) is 10.6 Å². The Hall–Kier alpha value is -1.11. The summed E-state index contributed by atoms with van der Waals surface area (Å²) in [4.78, 5) is 34.3. The van der Waals surface area contributed by atoms with Gasteiger partial charge in [-0.15, -0.1) is 11.3 Å². The van der Waals surface area contributed by atoms with E-state index in [4.69, 9.17) is 23.2 Å². The third-order valence-corrected chi connectivity index (χ3v) is 3.93. The van der Waals surface area contributed by atoms with Crippen LogP contribution in [0.25, 0.3) is 0 Å². The van der Waals surface area contributed by atoms with E-state index < -0.39 is 17.9 Å². The minimum absolute atomic E-state index is 0.203. The van der Waals surface area contributed by atoms with Gasteiger partial charge >= 0.3 is 0 Å². The third kappa shape index (κ3) is 2.82. The molecule has 0 saturated carbocycles. The molecule has 2 N–H and O–H groups in total. The van der Waals surface area contributed by atoms with Gasteiger partial charge in [-0.1, -0.05) is 23.2 Å². The molecule has 1 aromatic rings. The van der Waals surface area contributed by atoms with Crippen molar-refractivity contribution in [2.45, 2.75) is 18.9 Å². The van der Waals surface area contributed by atoms with Crippen LogP contribution in [-0.2, 0) is 9.59 Å². The molecule has 18 heavy (non-hydrogen) atoms. The molecule has 1 atom stereocenters. The number of thiophene rings is 1. The maximum Gasteiger partial charge on any atom is 0.254 e. The molecule has 1 aliphatic heterocycles. The molecule has 96 valence electrons. The highest BCUT2D eigenvalue weighted by Crippen LogP contribution is 2.31.